The van der Waals surface area contributed by atoms with Crippen LogP contribution in [-0.2, 0) is 4.79 Å². The van der Waals surface area contributed by atoms with Gasteiger partial charge in [0, 0.05) is 22.9 Å². The summed E-state index contributed by atoms with van der Waals surface area (Å²) in [5.41, 5.74) is 1.70. The summed E-state index contributed by atoms with van der Waals surface area (Å²) in [6.45, 7) is 5.75. The maximum Gasteiger partial charge on any atom is 0.323 e. The van der Waals surface area contributed by atoms with Crippen LogP contribution in [0.1, 0.15) is 6.92 Å². The van der Waals surface area contributed by atoms with Crippen molar-refractivity contribution >= 4 is 40.6 Å². The molecule has 0 spiro atoms. The number of benzene rings is 2. The number of amides is 3. The van der Waals surface area contributed by atoms with Gasteiger partial charge in [0.2, 0.25) is 0 Å². The Bertz CT molecular complexity index is 869. The average Bonchev–Trinajstić information content (AvgIpc) is 2.59. The van der Waals surface area contributed by atoms with Crippen molar-refractivity contribution in [2.75, 3.05) is 22.1 Å². The van der Waals surface area contributed by atoms with Gasteiger partial charge in [-0.1, -0.05) is 23.7 Å². The van der Waals surface area contributed by atoms with Crippen LogP contribution in [0.4, 0.5) is 21.9 Å². The van der Waals surface area contributed by atoms with Crippen LogP contribution in [0, 0.1) is 0 Å². The second-order valence-corrected chi connectivity index (χ2v) is 6.21. The number of nitrogens with one attached hydrogen (secondary N) is 2. The number of rotatable bonds is 4. The highest BCUT2D eigenvalue weighted by molar-refractivity contribution is 6.30. The minimum Gasteiger partial charge on any atom is -0.479 e. The summed E-state index contributed by atoms with van der Waals surface area (Å²) < 4.78 is 5.62. The van der Waals surface area contributed by atoms with Crippen LogP contribution in [0.2, 0.25) is 5.02 Å². The van der Waals surface area contributed by atoms with Gasteiger partial charge in [0.1, 0.15) is 5.75 Å². The highest BCUT2D eigenvalue weighted by atomic mass is 35.5. The quantitative estimate of drug-likeness (QED) is 0.788. The molecule has 1 heterocycles. The van der Waals surface area contributed by atoms with E-state index in [1.165, 1.54) is 0 Å². The zero-order chi connectivity index (χ0) is 18.7. The minimum absolute atomic E-state index is 0.155. The average molecular weight is 372 g/mol. The Hall–Kier alpha value is -2.99. The molecule has 0 saturated heterocycles. The Morgan fingerprint density at radius 1 is 1.27 bits per heavy atom. The predicted octanol–water partition coefficient (Wildman–Crippen LogP) is 4.28. The Morgan fingerprint density at radius 2 is 2.00 bits per heavy atom. The number of ether oxygens (including phenoxy) is 1. The van der Waals surface area contributed by atoms with Crippen molar-refractivity contribution in [1.29, 1.82) is 0 Å². The molecule has 0 aromatic heterocycles. The number of anilines is 3. The van der Waals surface area contributed by atoms with Gasteiger partial charge in [-0.15, -0.1) is 6.58 Å². The van der Waals surface area contributed by atoms with Gasteiger partial charge in [0.25, 0.3) is 5.91 Å². The first kappa shape index (κ1) is 17.8. The SMILES string of the molecule is C=CCN1C(=O)C(C)Oc2ccc(NC(=O)Nc3cccc(Cl)c3)cc21. The second-order valence-electron chi connectivity index (χ2n) is 5.77. The van der Waals surface area contributed by atoms with Crippen molar-refractivity contribution in [2.45, 2.75) is 13.0 Å². The molecule has 1 unspecified atom stereocenters. The molecule has 26 heavy (non-hydrogen) atoms. The highest BCUT2D eigenvalue weighted by Gasteiger charge is 2.30. The largest absolute Gasteiger partial charge is 0.479 e. The molecule has 1 aliphatic heterocycles. The number of halogens is 1. The van der Waals surface area contributed by atoms with E-state index >= 15 is 0 Å². The lowest BCUT2D eigenvalue weighted by Gasteiger charge is -2.32. The van der Waals surface area contributed by atoms with E-state index in [4.69, 9.17) is 16.3 Å². The van der Waals surface area contributed by atoms with Gasteiger partial charge >= 0.3 is 6.03 Å². The Balaban J connectivity index is 1.78. The van der Waals surface area contributed by atoms with Crippen LogP contribution in [-0.4, -0.2) is 24.6 Å². The third-order valence-corrected chi connectivity index (χ3v) is 4.05. The van der Waals surface area contributed by atoms with E-state index in [1.807, 2.05) is 0 Å². The van der Waals surface area contributed by atoms with Crippen molar-refractivity contribution in [3.05, 3.63) is 60.1 Å². The van der Waals surface area contributed by atoms with Gasteiger partial charge in [0.15, 0.2) is 6.10 Å². The lowest BCUT2D eigenvalue weighted by molar-refractivity contribution is -0.125. The smallest absolute Gasteiger partial charge is 0.323 e. The van der Waals surface area contributed by atoms with E-state index in [9.17, 15) is 9.59 Å². The minimum atomic E-state index is -0.563. The summed E-state index contributed by atoms with van der Waals surface area (Å²) in [5, 5.41) is 5.97. The summed E-state index contributed by atoms with van der Waals surface area (Å²) in [6, 6.07) is 11.6. The normalized spacial score (nSPS) is 15.7. The standard InChI is InChI=1S/C19H18ClN3O3/c1-3-9-23-16-11-15(7-8-17(16)26-12(2)18(23)24)22-19(25)21-14-6-4-5-13(20)10-14/h3-8,10-12H,1,9H2,2H3,(H2,21,22,25). The monoisotopic (exact) mass is 371 g/mol. The summed E-state index contributed by atoms with van der Waals surface area (Å²) in [7, 11) is 0. The molecule has 7 heteroatoms. The van der Waals surface area contributed by atoms with Gasteiger partial charge in [-0.2, -0.15) is 0 Å². The Kier molecular flexibility index (Phi) is 5.14. The van der Waals surface area contributed by atoms with Crippen LogP contribution in [0.15, 0.2) is 55.1 Å². The van der Waals surface area contributed by atoms with E-state index in [0.717, 1.165) is 0 Å². The molecule has 134 valence electrons. The molecule has 0 radical (unpaired) electrons. The number of fused-ring (bicyclic) bond motifs is 1. The molecule has 1 atom stereocenters. The molecule has 2 N–H and O–H groups in total. The first-order valence-corrected chi connectivity index (χ1v) is 8.42. The third-order valence-electron chi connectivity index (χ3n) is 3.82. The molecule has 3 amide bonds. The first-order valence-electron chi connectivity index (χ1n) is 8.04. The van der Waals surface area contributed by atoms with Crippen molar-refractivity contribution < 1.29 is 14.3 Å². The fourth-order valence-corrected chi connectivity index (χ4v) is 2.85. The van der Waals surface area contributed by atoms with Gasteiger partial charge in [0.05, 0.1) is 5.69 Å². The number of hydrogen-bond donors (Lipinski definition) is 2. The summed E-state index contributed by atoms with van der Waals surface area (Å²) in [4.78, 5) is 26.1. The van der Waals surface area contributed by atoms with Crippen molar-refractivity contribution in [2.24, 2.45) is 0 Å². The zero-order valence-electron chi connectivity index (χ0n) is 14.2. The lowest BCUT2D eigenvalue weighted by atomic mass is 10.1. The summed E-state index contributed by atoms with van der Waals surface area (Å²) >= 11 is 5.91. The number of hydrogen-bond acceptors (Lipinski definition) is 3. The molecule has 3 rings (SSSR count). The van der Waals surface area contributed by atoms with E-state index in [0.29, 0.717) is 34.4 Å². The Labute approximate surface area is 156 Å². The lowest BCUT2D eigenvalue weighted by Crippen LogP contribution is -2.44. The molecule has 0 fully saturated rings. The van der Waals surface area contributed by atoms with Crippen molar-refractivity contribution in [1.82, 2.24) is 0 Å². The van der Waals surface area contributed by atoms with E-state index in [1.54, 1.807) is 60.4 Å². The number of urea groups is 1. The molecule has 2 aromatic rings. The fraction of sp³-hybridized carbons (Fsp3) is 0.158. The van der Waals surface area contributed by atoms with Crippen LogP contribution >= 0.6 is 11.6 Å². The fourth-order valence-electron chi connectivity index (χ4n) is 2.66. The predicted molar refractivity (Wildman–Crippen MR) is 103 cm³/mol. The number of nitrogens with zero attached hydrogens (tertiary/aromatic N) is 1. The van der Waals surface area contributed by atoms with Crippen molar-refractivity contribution in [3.63, 3.8) is 0 Å². The topological polar surface area (TPSA) is 70.7 Å². The molecule has 0 saturated carbocycles. The van der Waals surface area contributed by atoms with Crippen LogP contribution in [0.25, 0.3) is 0 Å². The molecule has 2 aromatic carbocycles. The van der Waals surface area contributed by atoms with Crippen LogP contribution < -0.4 is 20.3 Å². The van der Waals surface area contributed by atoms with E-state index in [2.05, 4.69) is 17.2 Å². The van der Waals surface area contributed by atoms with E-state index in [-0.39, 0.29) is 5.91 Å². The summed E-state index contributed by atoms with van der Waals surface area (Å²) in [5.74, 6) is 0.428. The molecule has 1 aliphatic rings. The van der Waals surface area contributed by atoms with Gasteiger partial charge in [-0.25, -0.2) is 4.79 Å². The highest BCUT2D eigenvalue weighted by Crippen LogP contribution is 2.36. The van der Waals surface area contributed by atoms with Gasteiger partial charge < -0.3 is 20.3 Å². The third kappa shape index (κ3) is 3.81. The maximum absolute atomic E-state index is 12.3. The number of carbonyl (C=O) groups is 2. The first-order chi connectivity index (χ1) is 12.5. The van der Waals surface area contributed by atoms with Crippen LogP contribution in [0.3, 0.4) is 0 Å². The number of carbonyl (C=O) groups excluding carboxylic acids is 2. The maximum atomic E-state index is 12.3. The van der Waals surface area contributed by atoms with Gasteiger partial charge in [-0.05, 0) is 43.3 Å². The zero-order valence-corrected chi connectivity index (χ0v) is 14.9. The molecular weight excluding hydrogens is 354 g/mol. The molecule has 0 aliphatic carbocycles. The van der Waals surface area contributed by atoms with Crippen molar-refractivity contribution in [3.8, 4) is 5.75 Å². The second kappa shape index (κ2) is 7.49. The van der Waals surface area contributed by atoms with E-state index < -0.39 is 12.1 Å². The summed E-state index contributed by atoms with van der Waals surface area (Å²) in [6.07, 6.45) is 1.08. The Morgan fingerprint density at radius 3 is 2.69 bits per heavy atom. The molecular formula is C19H18ClN3O3. The van der Waals surface area contributed by atoms with Gasteiger partial charge in [-0.3, -0.25) is 4.79 Å². The molecule has 6 nitrogen and oxygen atoms in total. The van der Waals surface area contributed by atoms with Crippen LogP contribution in [0.5, 0.6) is 5.75 Å². The molecule has 0 bridgehead atoms.